The Kier molecular flexibility index (Phi) is 5.93. The summed E-state index contributed by atoms with van der Waals surface area (Å²) < 4.78 is 10.4. The lowest BCUT2D eigenvalue weighted by Gasteiger charge is -2.07. The Labute approximate surface area is 112 Å². The second-order valence-electron chi connectivity index (χ2n) is 2.80. The van der Waals surface area contributed by atoms with Crippen molar-refractivity contribution in [2.75, 3.05) is 0 Å². The van der Waals surface area contributed by atoms with Gasteiger partial charge in [-0.3, -0.25) is 0 Å². The van der Waals surface area contributed by atoms with Crippen molar-refractivity contribution in [2.45, 2.75) is 13.5 Å². The third-order valence-corrected chi connectivity index (χ3v) is 2.99. The standard InChI is InChI=1S/C11H11BrINO/c1-2-10(12)11(14-13)15-8-9-6-4-3-5-7-9/h2-7H,8H2,1H3/b10-2+,14-11+. The van der Waals surface area contributed by atoms with Gasteiger partial charge in [-0.1, -0.05) is 36.4 Å². The Morgan fingerprint density at radius 1 is 1.47 bits per heavy atom. The average Bonchev–Trinajstić information content (AvgIpc) is 2.31. The van der Waals surface area contributed by atoms with Crippen LogP contribution in [0.1, 0.15) is 12.5 Å². The smallest absolute Gasteiger partial charge is 0.233 e. The summed E-state index contributed by atoms with van der Waals surface area (Å²) in [5, 5.41) is 0. The van der Waals surface area contributed by atoms with Crippen molar-refractivity contribution in [3.05, 3.63) is 46.5 Å². The predicted molar refractivity (Wildman–Crippen MR) is 75.4 cm³/mol. The normalized spacial score (nSPS) is 12.7. The van der Waals surface area contributed by atoms with E-state index in [2.05, 4.69) is 19.1 Å². The third kappa shape index (κ3) is 4.34. The van der Waals surface area contributed by atoms with Crippen LogP contribution < -0.4 is 0 Å². The summed E-state index contributed by atoms with van der Waals surface area (Å²) >= 11 is 5.30. The first kappa shape index (κ1) is 12.7. The van der Waals surface area contributed by atoms with Crippen LogP contribution in [0.4, 0.5) is 0 Å². The number of rotatable bonds is 3. The minimum Gasteiger partial charge on any atom is -0.472 e. The predicted octanol–water partition coefficient (Wildman–Crippen LogP) is 4.25. The van der Waals surface area contributed by atoms with Crippen LogP contribution in [0.15, 0.2) is 44.1 Å². The number of ether oxygens (including phenoxy) is 1. The second kappa shape index (κ2) is 7.00. The van der Waals surface area contributed by atoms with Crippen molar-refractivity contribution >= 4 is 44.7 Å². The molecule has 15 heavy (non-hydrogen) atoms. The zero-order valence-electron chi connectivity index (χ0n) is 8.28. The Morgan fingerprint density at radius 3 is 2.67 bits per heavy atom. The van der Waals surface area contributed by atoms with E-state index in [0.717, 1.165) is 10.0 Å². The molecule has 4 heteroatoms. The summed E-state index contributed by atoms with van der Waals surface area (Å²) in [5.41, 5.74) is 1.13. The number of hydrogen-bond donors (Lipinski definition) is 0. The summed E-state index contributed by atoms with van der Waals surface area (Å²) in [7, 11) is 0. The number of halogens is 2. The van der Waals surface area contributed by atoms with Crippen molar-refractivity contribution in [3.63, 3.8) is 0 Å². The molecule has 1 rings (SSSR count). The molecule has 0 spiro atoms. The number of benzene rings is 1. The van der Waals surface area contributed by atoms with Crippen LogP contribution in [-0.2, 0) is 11.3 Å². The Bertz CT molecular complexity index is 362. The first-order chi connectivity index (χ1) is 7.27. The molecule has 0 atom stereocenters. The Morgan fingerprint density at radius 2 is 2.13 bits per heavy atom. The van der Waals surface area contributed by atoms with Gasteiger partial charge in [0.05, 0.1) is 27.3 Å². The minimum atomic E-state index is 0.533. The molecule has 0 N–H and O–H groups in total. The Balaban J connectivity index is 2.57. The fourth-order valence-corrected chi connectivity index (χ4v) is 1.92. The topological polar surface area (TPSA) is 21.6 Å². The molecular weight excluding hydrogens is 369 g/mol. The molecule has 2 nitrogen and oxygen atoms in total. The molecule has 0 saturated carbocycles. The summed E-state index contributed by atoms with van der Waals surface area (Å²) in [6, 6.07) is 10.0. The van der Waals surface area contributed by atoms with E-state index in [4.69, 9.17) is 4.74 Å². The van der Waals surface area contributed by atoms with E-state index in [1.807, 2.05) is 66.2 Å². The molecule has 0 aliphatic heterocycles. The lowest BCUT2D eigenvalue weighted by Crippen LogP contribution is -2.03. The van der Waals surface area contributed by atoms with Gasteiger partial charge in [-0.25, -0.2) is 0 Å². The van der Waals surface area contributed by atoms with E-state index in [9.17, 15) is 0 Å². The molecule has 0 aliphatic carbocycles. The zero-order valence-corrected chi connectivity index (χ0v) is 12.0. The first-order valence-corrected chi connectivity index (χ1v) is 6.21. The van der Waals surface area contributed by atoms with E-state index in [1.165, 1.54) is 0 Å². The van der Waals surface area contributed by atoms with Gasteiger partial charge < -0.3 is 4.74 Å². The van der Waals surface area contributed by atoms with E-state index in [-0.39, 0.29) is 0 Å². The van der Waals surface area contributed by atoms with Crippen molar-refractivity contribution in [2.24, 2.45) is 3.21 Å². The molecule has 0 aromatic heterocycles. The maximum absolute atomic E-state index is 5.56. The van der Waals surface area contributed by atoms with E-state index >= 15 is 0 Å². The van der Waals surface area contributed by atoms with Crippen molar-refractivity contribution in [1.82, 2.24) is 0 Å². The highest BCUT2D eigenvalue weighted by Crippen LogP contribution is 2.12. The lowest BCUT2D eigenvalue weighted by atomic mass is 10.2. The fourth-order valence-electron chi connectivity index (χ4n) is 0.983. The maximum atomic E-state index is 5.56. The Hall–Kier alpha value is -0.360. The third-order valence-electron chi connectivity index (χ3n) is 1.75. The van der Waals surface area contributed by atoms with Crippen LogP contribution in [0.3, 0.4) is 0 Å². The van der Waals surface area contributed by atoms with Crippen molar-refractivity contribution in [3.8, 4) is 0 Å². The average molecular weight is 380 g/mol. The summed E-state index contributed by atoms with van der Waals surface area (Å²) in [6.45, 7) is 2.46. The quantitative estimate of drug-likeness (QED) is 0.437. The molecule has 0 fully saturated rings. The van der Waals surface area contributed by atoms with Gasteiger partial charge in [0.25, 0.3) is 0 Å². The van der Waals surface area contributed by atoms with Crippen molar-refractivity contribution in [1.29, 1.82) is 0 Å². The molecule has 0 amide bonds. The summed E-state index contributed by atoms with van der Waals surface area (Å²) in [4.78, 5) is 0. The lowest BCUT2D eigenvalue weighted by molar-refractivity contribution is 0.296. The van der Waals surface area contributed by atoms with Gasteiger partial charge in [0.1, 0.15) is 6.61 Å². The monoisotopic (exact) mass is 379 g/mol. The molecule has 0 saturated heterocycles. The number of allylic oxidation sites excluding steroid dienone is 1. The van der Waals surface area contributed by atoms with E-state index in [0.29, 0.717) is 12.5 Å². The van der Waals surface area contributed by atoms with Crippen LogP contribution in [0.2, 0.25) is 0 Å². The van der Waals surface area contributed by atoms with Gasteiger partial charge in [0.15, 0.2) is 0 Å². The first-order valence-electron chi connectivity index (χ1n) is 4.45. The van der Waals surface area contributed by atoms with Gasteiger partial charge in [0.2, 0.25) is 5.90 Å². The number of nitrogens with zero attached hydrogens (tertiary/aromatic N) is 1. The molecule has 0 radical (unpaired) electrons. The highest BCUT2D eigenvalue weighted by atomic mass is 127. The van der Waals surface area contributed by atoms with Crippen LogP contribution in [0, 0.1) is 0 Å². The summed E-state index contributed by atoms with van der Waals surface area (Å²) in [5.74, 6) is 0.613. The van der Waals surface area contributed by atoms with Crippen LogP contribution >= 0.6 is 38.8 Å². The van der Waals surface area contributed by atoms with Crippen LogP contribution in [0.5, 0.6) is 0 Å². The molecule has 0 unspecified atom stereocenters. The van der Waals surface area contributed by atoms with Gasteiger partial charge in [-0.15, -0.1) is 0 Å². The summed E-state index contributed by atoms with van der Waals surface area (Å²) in [6.07, 6.45) is 1.91. The molecule has 0 bridgehead atoms. The molecule has 0 aliphatic rings. The SMILES string of the molecule is C/C=C(Br)\C(=N/I)OCc1ccccc1. The molecule has 1 aromatic carbocycles. The zero-order chi connectivity index (χ0) is 11.1. The van der Waals surface area contributed by atoms with Crippen LogP contribution in [0.25, 0.3) is 0 Å². The van der Waals surface area contributed by atoms with E-state index in [1.54, 1.807) is 0 Å². The van der Waals surface area contributed by atoms with Gasteiger partial charge >= 0.3 is 0 Å². The second-order valence-corrected chi connectivity index (χ2v) is 4.14. The van der Waals surface area contributed by atoms with Crippen LogP contribution in [-0.4, -0.2) is 5.90 Å². The molecule has 0 heterocycles. The highest BCUT2D eigenvalue weighted by molar-refractivity contribution is 14.1. The van der Waals surface area contributed by atoms with Gasteiger partial charge in [-0.05, 0) is 28.4 Å². The maximum Gasteiger partial charge on any atom is 0.233 e. The molecular formula is C11H11BrINO. The number of hydrogen-bond acceptors (Lipinski definition) is 2. The fraction of sp³-hybridized carbons (Fsp3) is 0.182. The van der Waals surface area contributed by atoms with Gasteiger partial charge in [0, 0.05) is 0 Å². The largest absolute Gasteiger partial charge is 0.472 e. The minimum absolute atomic E-state index is 0.533. The molecule has 80 valence electrons. The van der Waals surface area contributed by atoms with Crippen molar-refractivity contribution < 1.29 is 4.74 Å². The van der Waals surface area contributed by atoms with E-state index < -0.39 is 0 Å². The van der Waals surface area contributed by atoms with Gasteiger partial charge in [-0.2, -0.15) is 3.21 Å². The highest BCUT2D eigenvalue weighted by Gasteiger charge is 2.03. The molecule has 1 aromatic rings.